The van der Waals surface area contributed by atoms with E-state index in [1.165, 1.54) is 0 Å². The van der Waals surface area contributed by atoms with Crippen molar-refractivity contribution in [2.75, 3.05) is 0 Å². The van der Waals surface area contributed by atoms with Gasteiger partial charge in [0.25, 0.3) is 0 Å². The molecule has 0 amide bonds. The van der Waals surface area contributed by atoms with Crippen LogP contribution in [0.1, 0.15) is 13.8 Å². The van der Waals surface area contributed by atoms with E-state index in [1.54, 1.807) is 13.8 Å². The molecule has 1 atom stereocenters. The number of hydrogen-bond acceptors (Lipinski definition) is 2. The Morgan fingerprint density at radius 2 is 1.89 bits per heavy atom. The van der Waals surface area contributed by atoms with E-state index in [2.05, 4.69) is 0 Å². The van der Waals surface area contributed by atoms with Gasteiger partial charge in [-0.15, -0.1) is 0 Å². The first-order chi connectivity index (χ1) is 3.55. The molecule has 0 bridgehead atoms. The number of nitrogens with two attached hydrogens (primary N) is 1. The Hall–Kier alpha value is 0.0144. The number of carboxylic acid groups (broad SMARTS) is 1. The van der Waals surface area contributed by atoms with Crippen LogP contribution < -0.4 is 5.73 Å². The molecule has 0 aliphatic heterocycles. The summed E-state index contributed by atoms with van der Waals surface area (Å²) in [6.07, 6.45) is 0. The van der Waals surface area contributed by atoms with Crippen LogP contribution in [-0.4, -0.2) is 17.1 Å². The fourth-order valence-corrected chi connectivity index (χ4v) is 0.285. The minimum Gasteiger partial charge on any atom is -0.480 e. The van der Waals surface area contributed by atoms with Crippen molar-refractivity contribution in [2.24, 2.45) is 11.7 Å². The molecule has 0 aromatic rings. The SMILES string of the molecule is CC(C)C(N)C(=O)O.[V]. The zero-order valence-corrected chi connectivity index (χ0v) is 6.93. The van der Waals surface area contributed by atoms with Crippen LogP contribution >= 0.6 is 0 Å². The zero-order chi connectivity index (χ0) is 6.73. The molecule has 0 saturated carbocycles. The van der Waals surface area contributed by atoms with E-state index in [0.29, 0.717) is 0 Å². The van der Waals surface area contributed by atoms with Gasteiger partial charge < -0.3 is 10.8 Å². The standard InChI is InChI=1S/C5H11NO2.V/c1-3(2)4(6)5(7)8;/h3-4H,6H2,1-2H3,(H,7,8);. The summed E-state index contributed by atoms with van der Waals surface area (Å²) in [6, 6.07) is -0.713. The van der Waals surface area contributed by atoms with Crippen molar-refractivity contribution < 1.29 is 28.5 Å². The second-order valence-electron chi connectivity index (χ2n) is 2.11. The van der Waals surface area contributed by atoms with Crippen LogP contribution in [0.15, 0.2) is 0 Å². The first kappa shape index (κ1) is 11.8. The fraction of sp³-hybridized carbons (Fsp3) is 0.800. The summed E-state index contributed by atoms with van der Waals surface area (Å²) in [5.41, 5.74) is 5.16. The summed E-state index contributed by atoms with van der Waals surface area (Å²) in [7, 11) is 0. The van der Waals surface area contributed by atoms with E-state index < -0.39 is 12.0 Å². The van der Waals surface area contributed by atoms with Gasteiger partial charge in [0, 0.05) is 18.6 Å². The van der Waals surface area contributed by atoms with Crippen molar-refractivity contribution in [3.63, 3.8) is 0 Å². The van der Waals surface area contributed by atoms with Crippen LogP contribution in [0.25, 0.3) is 0 Å². The molecule has 0 saturated heterocycles. The molecular weight excluding hydrogens is 157 g/mol. The Bertz CT molecular complexity index is 95.0. The molecule has 0 aromatic carbocycles. The van der Waals surface area contributed by atoms with E-state index in [4.69, 9.17) is 10.8 Å². The third-order valence-electron chi connectivity index (χ3n) is 1.00. The van der Waals surface area contributed by atoms with E-state index in [9.17, 15) is 4.79 Å². The van der Waals surface area contributed by atoms with Crippen LogP contribution in [-0.2, 0) is 23.4 Å². The number of carboxylic acids is 1. The van der Waals surface area contributed by atoms with Crippen molar-refractivity contribution in [1.82, 2.24) is 0 Å². The predicted octanol–water partition coefficient (Wildman–Crippen LogP) is 0.0518. The first-order valence-corrected chi connectivity index (χ1v) is 2.54. The Labute approximate surface area is 66.5 Å². The van der Waals surface area contributed by atoms with E-state index in [1.807, 2.05) is 0 Å². The maximum atomic E-state index is 10.0. The molecule has 0 rings (SSSR count). The zero-order valence-electron chi connectivity index (χ0n) is 5.53. The molecule has 0 heterocycles. The minimum atomic E-state index is -0.931. The van der Waals surface area contributed by atoms with Gasteiger partial charge >= 0.3 is 5.97 Å². The number of carbonyl (C=O) groups is 1. The second-order valence-corrected chi connectivity index (χ2v) is 2.11. The van der Waals surface area contributed by atoms with Crippen molar-refractivity contribution in [3.05, 3.63) is 0 Å². The largest absolute Gasteiger partial charge is 0.480 e. The predicted molar refractivity (Wildman–Crippen MR) is 30.4 cm³/mol. The minimum absolute atomic E-state index is 0. The third-order valence-corrected chi connectivity index (χ3v) is 1.00. The van der Waals surface area contributed by atoms with Gasteiger partial charge in [-0.25, -0.2) is 0 Å². The maximum Gasteiger partial charge on any atom is 0.320 e. The van der Waals surface area contributed by atoms with Crippen LogP contribution in [0.3, 0.4) is 0 Å². The molecule has 4 heteroatoms. The maximum absolute atomic E-state index is 10.0. The van der Waals surface area contributed by atoms with Gasteiger partial charge in [0.15, 0.2) is 0 Å². The van der Waals surface area contributed by atoms with Gasteiger partial charge in [-0.05, 0) is 5.92 Å². The second kappa shape index (κ2) is 4.85. The molecule has 0 aromatic heterocycles. The van der Waals surface area contributed by atoms with Crippen molar-refractivity contribution in [3.8, 4) is 0 Å². The summed E-state index contributed by atoms with van der Waals surface area (Å²) < 4.78 is 0. The normalized spacial score (nSPS) is 12.4. The third kappa shape index (κ3) is 4.51. The van der Waals surface area contributed by atoms with Gasteiger partial charge in [-0.3, -0.25) is 4.79 Å². The quantitative estimate of drug-likeness (QED) is 0.612. The molecule has 1 radical (unpaired) electrons. The van der Waals surface area contributed by atoms with E-state index >= 15 is 0 Å². The van der Waals surface area contributed by atoms with Gasteiger partial charge in [0.05, 0.1) is 0 Å². The fourth-order valence-electron chi connectivity index (χ4n) is 0.285. The average molecular weight is 168 g/mol. The number of rotatable bonds is 2. The van der Waals surface area contributed by atoms with Gasteiger partial charge in [0.2, 0.25) is 0 Å². The Balaban J connectivity index is 0. The van der Waals surface area contributed by atoms with Crippen LogP contribution in [0.2, 0.25) is 0 Å². The summed E-state index contributed by atoms with van der Waals surface area (Å²) in [4.78, 5) is 10.0. The van der Waals surface area contributed by atoms with Gasteiger partial charge in [-0.2, -0.15) is 0 Å². The Kier molecular flexibility index (Phi) is 6.35. The molecule has 9 heavy (non-hydrogen) atoms. The summed E-state index contributed by atoms with van der Waals surface area (Å²) >= 11 is 0. The van der Waals surface area contributed by atoms with Gasteiger partial charge in [0.1, 0.15) is 6.04 Å². The average Bonchev–Trinajstić information content (AvgIpc) is 1.64. The molecule has 3 nitrogen and oxygen atoms in total. The molecule has 0 aliphatic carbocycles. The smallest absolute Gasteiger partial charge is 0.320 e. The molecule has 53 valence electrons. The van der Waals surface area contributed by atoms with Crippen LogP contribution in [0.5, 0.6) is 0 Å². The first-order valence-electron chi connectivity index (χ1n) is 2.54. The van der Waals surface area contributed by atoms with Crippen molar-refractivity contribution in [1.29, 1.82) is 0 Å². The molecule has 1 unspecified atom stereocenters. The van der Waals surface area contributed by atoms with Crippen LogP contribution in [0.4, 0.5) is 0 Å². The molecule has 0 spiro atoms. The van der Waals surface area contributed by atoms with Gasteiger partial charge in [-0.1, -0.05) is 13.8 Å². The molecular formula is C5H11NO2V. The molecule has 0 aliphatic rings. The van der Waals surface area contributed by atoms with E-state index in [-0.39, 0.29) is 24.5 Å². The molecule has 3 N–H and O–H groups in total. The number of hydrogen-bond donors (Lipinski definition) is 2. The summed E-state index contributed by atoms with van der Waals surface area (Å²) in [6.45, 7) is 3.55. The van der Waals surface area contributed by atoms with Crippen LogP contribution in [0, 0.1) is 5.92 Å². The Morgan fingerprint density at radius 3 is 1.89 bits per heavy atom. The van der Waals surface area contributed by atoms with Crippen molar-refractivity contribution >= 4 is 5.97 Å². The summed E-state index contributed by atoms with van der Waals surface area (Å²) in [5, 5.41) is 8.23. The monoisotopic (exact) mass is 168 g/mol. The Morgan fingerprint density at radius 1 is 1.56 bits per heavy atom. The summed E-state index contributed by atoms with van der Waals surface area (Å²) in [5.74, 6) is -0.910. The van der Waals surface area contributed by atoms with Crippen molar-refractivity contribution in [2.45, 2.75) is 19.9 Å². The topological polar surface area (TPSA) is 63.3 Å². The molecule has 0 fully saturated rings. The number of aliphatic carboxylic acids is 1. The van der Waals surface area contributed by atoms with E-state index in [0.717, 1.165) is 0 Å².